The molecule has 3 rings (SSSR count). The minimum Gasteiger partial charge on any atom is -0.444 e. The molecule has 0 fully saturated rings. The zero-order valence-corrected chi connectivity index (χ0v) is 12.1. The smallest absolute Gasteiger partial charge is 0.418 e. The summed E-state index contributed by atoms with van der Waals surface area (Å²) in [5.41, 5.74) is 2.75. The minimum absolute atomic E-state index is 0.258. The van der Waals surface area contributed by atoms with Crippen LogP contribution in [0, 0.1) is 0 Å². The third kappa shape index (κ3) is 2.93. The van der Waals surface area contributed by atoms with Crippen molar-refractivity contribution in [1.29, 1.82) is 0 Å². The molecule has 106 valence electrons. The highest BCUT2D eigenvalue weighted by molar-refractivity contribution is 6.17. The molecule has 3 aromatic rings. The Morgan fingerprint density at radius 2 is 1.86 bits per heavy atom. The predicted octanol–water partition coefficient (Wildman–Crippen LogP) is 4.57. The van der Waals surface area contributed by atoms with Crippen molar-refractivity contribution in [1.82, 2.24) is 4.57 Å². The van der Waals surface area contributed by atoms with Crippen LogP contribution in [0.1, 0.15) is 11.1 Å². The molecule has 4 heteroatoms. The van der Waals surface area contributed by atoms with E-state index in [4.69, 9.17) is 16.3 Å². The number of nitrogens with zero attached hydrogens (tertiary/aromatic N) is 1. The second-order valence-corrected chi connectivity index (χ2v) is 5.02. The zero-order valence-electron chi connectivity index (χ0n) is 11.3. The number of aromatic nitrogens is 1. The van der Waals surface area contributed by atoms with Gasteiger partial charge in [-0.1, -0.05) is 42.5 Å². The number of ether oxygens (including phenoxy) is 1. The fourth-order valence-electron chi connectivity index (χ4n) is 2.21. The van der Waals surface area contributed by atoms with Crippen molar-refractivity contribution in [2.24, 2.45) is 0 Å². The third-order valence-electron chi connectivity index (χ3n) is 3.31. The van der Waals surface area contributed by atoms with E-state index >= 15 is 0 Å². The Balaban J connectivity index is 1.81. The number of fused-ring (bicyclic) bond motifs is 1. The summed E-state index contributed by atoms with van der Waals surface area (Å²) >= 11 is 5.84. The van der Waals surface area contributed by atoms with E-state index in [1.54, 1.807) is 6.20 Å². The largest absolute Gasteiger partial charge is 0.444 e. The third-order valence-corrected chi connectivity index (χ3v) is 3.62. The van der Waals surface area contributed by atoms with Crippen molar-refractivity contribution in [2.75, 3.05) is 0 Å². The fraction of sp³-hybridized carbons (Fsp3) is 0.118. The second kappa shape index (κ2) is 6.02. The number of rotatable bonds is 3. The normalized spacial score (nSPS) is 10.7. The molecule has 1 aromatic heterocycles. The number of carbonyl (C=O) groups is 1. The molecule has 0 spiro atoms. The molecule has 0 saturated heterocycles. The monoisotopic (exact) mass is 299 g/mol. The van der Waals surface area contributed by atoms with Crippen molar-refractivity contribution in [3.8, 4) is 0 Å². The Hall–Kier alpha value is -2.26. The van der Waals surface area contributed by atoms with E-state index in [2.05, 4.69) is 0 Å². The van der Waals surface area contributed by atoms with Gasteiger partial charge in [-0.05, 0) is 23.3 Å². The van der Waals surface area contributed by atoms with Crippen LogP contribution in [-0.4, -0.2) is 10.7 Å². The van der Waals surface area contributed by atoms with E-state index in [-0.39, 0.29) is 12.7 Å². The van der Waals surface area contributed by atoms with E-state index in [1.165, 1.54) is 4.57 Å². The van der Waals surface area contributed by atoms with Gasteiger partial charge in [0.25, 0.3) is 0 Å². The summed E-state index contributed by atoms with van der Waals surface area (Å²) in [6.45, 7) is 0.258. The maximum absolute atomic E-state index is 12.2. The summed E-state index contributed by atoms with van der Waals surface area (Å²) in [7, 11) is 0. The Morgan fingerprint density at radius 1 is 1.05 bits per heavy atom. The lowest BCUT2D eigenvalue weighted by atomic mass is 10.2. The fourth-order valence-corrected chi connectivity index (χ4v) is 2.37. The maximum atomic E-state index is 12.2. The average molecular weight is 300 g/mol. The van der Waals surface area contributed by atoms with Crippen LogP contribution in [0.4, 0.5) is 4.79 Å². The van der Waals surface area contributed by atoms with Crippen LogP contribution in [-0.2, 0) is 17.2 Å². The van der Waals surface area contributed by atoms with Gasteiger partial charge in [0.1, 0.15) is 6.61 Å². The van der Waals surface area contributed by atoms with Crippen LogP contribution in [0.2, 0.25) is 0 Å². The Bertz CT molecular complexity index is 765. The number of hydrogen-bond acceptors (Lipinski definition) is 2. The predicted molar refractivity (Wildman–Crippen MR) is 83.5 cm³/mol. The van der Waals surface area contributed by atoms with Crippen LogP contribution in [0.25, 0.3) is 10.9 Å². The molecule has 0 atom stereocenters. The summed E-state index contributed by atoms with van der Waals surface area (Å²) in [5.74, 6) is 0.417. The van der Waals surface area contributed by atoms with Crippen molar-refractivity contribution in [3.63, 3.8) is 0 Å². The van der Waals surface area contributed by atoms with Gasteiger partial charge in [0.2, 0.25) is 0 Å². The molecule has 1 heterocycles. The van der Waals surface area contributed by atoms with Crippen LogP contribution in [0.15, 0.2) is 60.8 Å². The topological polar surface area (TPSA) is 31.2 Å². The summed E-state index contributed by atoms with van der Waals surface area (Å²) < 4.78 is 6.85. The summed E-state index contributed by atoms with van der Waals surface area (Å²) in [5, 5.41) is 0.987. The van der Waals surface area contributed by atoms with Gasteiger partial charge in [-0.3, -0.25) is 4.57 Å². The minimum atomic E-state index is -0.388. The lowest BCUT2D eigenvalue weighted by Gasteiger charge is -2.07. The van der Waals surface area contributed by atoms with Crippen LogP contribution in [0.3, 0.4) is 0 Å². The lowest BCUT2D eigenvalue weighted by Crippen LogP contribution is -2.12. The average Bonchev–Trinajstić information content (AvgIpc) is 2.96. The van der Waals surface area contributed by atoms with E-state index in [9.17, 15) is 4.79 Å². The van der Waals surface area contributed by atoms with Gasteiger partial charge in [0.15, 0.2) is 0 Å². The molecule has 0 unspecified atom stereocenters. The molecule has 0 aliphatic heterocycles. The standard InChI is InChI=1S/C17H14ClNO2/c18-11-14-6-7-15-8-9-19(16(15)10-14)17(20)21-12-13-4-2-1-3-5-13/h1-10H,11-12H2. The van der Waals surface area contributed by atoms with Gasteiger partial charge < -0.3 is 4.74 Å². The molecule has 0 bridgehead atoms. The molecular formula is C17H14ClNO2. The second-order valence-electron chi connectivity index (χ2n) is 4.75. The first kappa shape index (κ1) is 13.7. The highest BCUT2D eigenvalue weighted by Gasteiger charge is 2.10. The Morgan fingerprint density at radius 3 is 2.62 bits per heavy atom. The number of halogens is 1. The first-order valence-corrected chi connectivity index (χ1v) is 7.18. The molecular weight excluding hydrogens is 286 g/mol. The zero-order chi connectivity index (χ0) is 14.7. The van der Waals surface area contributed by atoms with Gasteiger partial charge in [-0.2, -0.15) is 0 Å². The summed E-state index contributed by atoms with van der Waals surface area (Å²) in [6.07, 6.45) is 1.33. The van der Waals surface area contributed by atoms with Crippen molar-refractivity contribution < 1.29 is 9.53 Å². The summed E-state index contributed by atoms with van der Waals surface area (Å²) in [4.78, 5) is 12.2. The number of hydrogen-bond donors (Lipinski definition) is 0. The number of benzene rings is 2. The molecule has 0 saturated carbocycles. The van der Waals surface area contributed by atoms with Gasteiger partial charge in [0.05, 0.1) is 5.52 Å². The molecule has 21 heavy (non-hydrogen) atoms. The van der Waals surface area contributed by atoms with E-state index in [0.717, 1.165) is 22.0 Å². The molecule has 2 aromatic carbocycles. The SMILES string of the molecule is O=C(OCc1ccccc1)n1ccc2ccc(CCl)cc21. The summed E-state index contributed by atoms with van der Waals surface area (Å²) in [6, 6.07) is 17.3. The first-order chi connectivity index (χ1) is 10.3. The molecule has 0 aliphatic carbocycles. The van der Waals surface area contributed by atoms with Gasteiger partial charge in [0, 0.05) is 17.5 Å². The molecule has 0 aliphatic rings. The van der Waals surface area contributed by atoms with Gasteiger partial charge in [-0.15, -0.1) is 11.6 Å². The van der Waals surface area contributed by atoms with Gasteiger partial charge >= 0.3 is 6.09 Å². The molecule has 0 amide bonds. The molecule has 0 radical (unpaired) electrons. The molecule has 0 N–H and O–H groups in total. The van der Waals surface area contributed by atoms with Crippen molar-refractivity contribution >= 4 is 28.6 Å². The maximum Gasteiger partial charge on any atom is 0.418 e. The highest BCUT2D eigenvalue weighted by atomic mass is 35.5. The highest BCUT2D eigenvalue weighted by Crippen LogP contribution is 2.19. The Labute approximate surface area is 127 Å². The molecule has 3 nitrogen and oxygen atoms in total. The van der Waals surface area contributed by atoms with Crippen LogP contribution in [0.5, 0.6) is 0 Å². The van der Waals surface area contributed by atoms with Crippen molar-refractivity contribution in [2.45, 2.75) is 12.5 Å². The van der Waals surface area contributed by atoms with Gasteiger partial charge in [-0.25, -0.2) is 4.79 Å². The van der Waals surface area contributed by atoms with E-state index < -0.39 is 0 Å². The van der Waals surface area contributed by atoms with Crippen molar-refractivity contribution in [3.05, 3.63) is 71.9 Å². The quantitative estimate of drug-likeness (QED) is 0.664. The first-order valence-electron chi connectivity index (χ1n) is 6.65. The van der Waals surface area contributed by atoms with E-state index in [0.29, 0.717) is 5.88 Å². The number of alkyl halides is 1. The van der Waals surface area contributed by atoms with Crippen LogP contribution < -0.4 is 0 Å². The van der Waals surface area contributed by atoms with Crippen LogP contribution >= 0.6 is 11.6 Å². The lowest BCUT2D eigenvalue weighted by molar-refractivity contribution is 0.142. The Kier molecular flexibility index (Phi) is 3.93. The van der Waals surface area contributed by atoms with E-state index in [1.807, 2.05) is 54.6 Å². The number of carbonyl (C=O) groups excluding carboxylic acids is 1.